The number of hydrogen-bond donors (Lipinski definition) is 1. The summed E-state index contributed by atoms with van der Waals surface area (Å²) in [5, 5.41) is 10.7. The van der Waals surface area contributed by atoms with E-state index in [0.717, 1.165) is 38.1 Å². The maximum Gasteiger partial charge on any atom is 0.247 e. The molecule has 0 radical (unpaired) electrons. The number of hydrogen-bond acceptors (Lipinski definition) is 7. The zero-order chi connectivity index (χ0) is 21.3. The second kappa shape index (κ2) is 8.37. The third-order valence-corrected chi connectivity index (χ3v) is 6.37. The molecule has 0 aliphatic heterocycles. The molecule has 4 aromatic rings. The Bertz CT molecular complexity index is 1190. The minimum atomic E-state index is -0.162. The van der Waals surface area contributed by atoms with Gasteiger partial charge in [-0.3, -0.25) is 9.48 Å². The van der Waals surface area contributed by atoms with Crippen LogP contribution in [0.5, 0.6) is 0 Å². The van der Waals surface area contributed by atoms with Gasteiger partial charge in [0.2, 0.25) is 5.91 Å². The van der Waals surface area contributed by atoms with Gasteiger partial charge in [0.1, 0.15) is 6.54 Å². The molecule has 0 fully saturated rings. The van der Waals surface area contributed by atoms with Crippen molar-refractivity contribution in [2.75, 3.05) is 24.3 Å². The molecule has 3 heterocycles. The van der Waals surface area contributed by atoms with Crippen LogP contribution in [-0.4, -0.2) is 39.8 Å². The molecule has 1 N–H and O–H groups in total. The lowest BCUT2D eigenvalue weighted by molar-refractivity contribution is -0.116. The maximum absolute atomic E-state index is 12.5. The van der Waals surface area contributed by atoms with Crippen molar-refractivity contribution in [2.45, 2.75) is 20.4 Å². The summed E-state index contributed by atoms with van der Waals surface area (Å²) in [5.41, 5.74) is 4.96. The molecule has 3 aromatic heterocycles. The number of aryl methyl sites for hydroxylation is 2. The summed E-state index contributed by atoms with van der Waals surface area (Å²) in [7, 11) is 4.02. The van der Waals surface area contributed by atoms with Crippen LogP contribution in [0.15, 0.2) is 42.0 Å². The van der Waals surface area contributed by atoms with Crippen LogP contribution in [0.2, 0.25) is 0 Å². The summed E-state index contributed by atoms with van der Waals surface area (Å²) in [4.78, 5) is 24.5. The van der Waals surface area contributed by atoms with Crippen molar-refractivity contribution in [2.24, 2.45) is 0 Å². The van der Waals surface area contributed by atoms with E-state index >= 15 is 0 Å². The number of thiazole rings is 2. The lowest BCUT2D eigenvalue weighted by atomic mass is 10.1. The second-order valence-electron chi connectivity index (χ2n) is 7.10. The lowest BCUT2D eigenvalue weighted by Crippen LogP contribution is -2.18. The molecule has 4 rings (SSSR count). The van der Waals surface area contributed by atoms with Gasteiger partial charge in [-0.1, -0.05) is 12.1 Å². The van der Waals surface area contributed by atoms with Crippen LogP contribution in [0.3, 0.4) is 0 Å². The smallest absolute Gasteiger partial charge is 0.247 e. The standard InChI is InChI=1S/C21H22N6OS2/c1-13-20(30-14(2)23-13)18-12-29-21(24-18)25-19(28)11-27-10-16(9-22-27)15-6-5-7-17(8-15)26(3)4/h5-10,12H,11H2,1-4H3,(H,24,25,28). The van der Waals surface area contributed by atoms with Gasteiger partial charge in [-0.2, -0.15) is 5.10 Å². The van der Waals surface area contributed by atoms with Crippen molar-refractivity contribution < 1.29 is 4.79 Å². The summed E-state index contributed by atoms with van der Waals surface area (Å²) in [5.74, 6) is -0.162. The number of anilines is 2. The SMILES string of the molecule is Cc1nc(C)c(-c2csc(NC(=O)Cn3cc(-c4cccc(N(C)C)c4)cn3)n2)s1. The Morgan fingerprint density at radius 3 is 2.77 bits per heavy atom. The van der Waals surface area contributed by atoms with Crippen molar-refractivity contribution in [1.82, 2.24) is 19.7 Å². The van der Waals surface area contributed by atoms with Gasteiger partial charge in [0.05, 0.1) is 27.5 Å². The molecule has 1 aromatic carbocycles. The molecule has 0 saturated heterocycles. The first-order chi connectivity index (χ1) is 14.4. The van der Waals surface area contributed by atoms with E-state index in [1.165, 1.54) is 11.3 Å². The van der Waals surface area contributed by atoms with Crippen molar-refractivity contribution in [3.05, 3.63) is 52.7 Å². The minimum absolute atomic E-state index is 0.126. The van der Waals surface area contributed by atoms with E-state index in [0.29, 0.717) is 5.13 Å². The Morgan fingerprint density at radius 2 is 2.03 bits per heavy atom. The summed E-state index contributed by atoms with van der Waals surface area (Å²) < 4.78 is 1.64. The van der Waals surface area contributed by atoms with E-state index in [1.54, 1.807) is 22.2 Å². The fraction of sp³-hybridized carbons (Fsp3) is 0.238. The first-order valence-electron chi connectivity index (χ1n) is 9.39. The van der Waals surface area contributed by atoms with Gasteiger partial charge in [0.25, 0.3) is 0 Å². The van der Waals surface area contributed by atoms with Gasteiger partial charge in [0.15, 0.2) is 5.13 Å². The molecule has 0 unspecified atom stereocenters. The van der Waals surface area contributed by atoms with Gasteiger partial charge in [-0.05, 0) is 31.5 Å². The van der Waals surface area contributed by atoms with E-state index in [2.05, 4.69) is 37.4 Å². The summed E-state index contributed by atoms with van der Waals surface area (Å²) in [6.45, 7) is 4.08. The van der Waals surface area contributed by atoms with Gasteiger partial charge >= 0.3 is 0 Å². The highest BCUT2D eigenvalue weighted by atomic mass is 32.1. The highest BCUT2D eigenvalue weighted by Gasteiger charge is 2.13. The predicted octanol–water partition coefficient (Wildman–Crippen LogP) is 4.45. The highest BCUT2D eigenvalue weighted by molar-refractivity contribution is 7.16. The number of nitrogens with one attached hydrogen (secondary N) is 1. The van der Waals surface area contributed by atoms with Crippen molar-refractivity contribution in [1.29, 1.82) is 0 Å². The zero-order valence-corrected chi connectivity index (χ0v) is 18.8. The number of rotatable bonds is 6. The molecule has 9 heteroatoms. The van der Waals surface area contributed by atoms with Gasteiger partial charge in [0, 0.05) is 36.9 Å². The Kier molecular flexibility index (Phi) is 5.65. The maximum atomic E-state index is 12.5. The van der Waals surface area contributed by atoms with E-state index in [1.807, 2.05) is 51.7 Å². The molecule has 0 atom stereocenters. The molecule has 0 bridgehead atoms. The molecule has 154 valence electrons. The molecule has 0 spiro atoms. The van der Waals surface area contributed by atoms with Gasteiger partial charge in [-0.15, -0.1) is 22.7 Å². The quantitative estimate of drug-likeness (QED) is 0.481. The van der Waals surface area contributed by atoms with Gasteiger partial charge in [-0.25, -0.2) is 9.97 Å². The molecule has 30 heavy (non-hydrogen) atoms. The summed E-state index contributed by atoms with van der Waals surface area (Å²) in [6, 6.07) is 8.20. The van der Waals surface area contributed by atoms with Crippen LogP contribution in [0.25, 0.3) is 21.7 Å². The van der Waals surface area contributed by atoms with Crippen LogP contribution in [0.4, 0.5) is 10.8 Å². The number of nitrogens with zero attached hydrogens (tertiary/aromatic N) is 5. The summed E-state index contributed by atoms with van der Waals surface area (Å²) in [6.07, 6.45) is 3.66. The highest BCUT2D eigenvalue weighted by Crippen LogP contribution is 2.32. The molecule has 0 aliphatic rings. The number of aromatic nitrogens is 4. The zero-order valence-electron chi connectivity index (χ0n) is 17.2. The monoisotopic (exact) mass is 438 g/mol. The van der Waals surface area contributed by atoms with E-state index < -0.39 is 0 Å². The molecule has 7 nitrogen and oxygen atoms in total. The van der Waals surface area contributed by atoms with Crippen molar-refractivity contribution >= 4 is 39.4 Å². The van der Waals surface area contributed by atoms with Crippen LogP contribution < -0.4 is 10.2 Å². The Morgan fingerprint density at radius 1 is 1.20 bits per heavy atom. The number of carbonyl (C=O) groups is 1. The first kappa shape index (κ1) is 20.2. The minimum Gasteiger partial charge on any atom is -0.378 e. The lowest BCUT2D eigenvalue weighted by Gasteiger charge is -2.12. The van der Waals surface area contributed by atoms with Crippen LogP contribution >= 0.6 is 22.7 Å². The molecular formula is C21H22N6OS2. The van der Waals surface area contributed by atoms with E-state index in [9.17, 15) is 4.79 Å². The Labute approximate surface area is 183 Å². The molecular weight excluding hydrogens is 416 g/mol. The number of carbonyl (C=O) groups excluding carboxylic acids is 1. The van der Waals surface area contributed by atoms with Crippen LogP contribution in [0.1, 0.15) is 10.7 Å². The fourth-order valence-corrected chi connectivity index (χ4v) is 4.75. The first-order valence-corrected chi connectivity index (χ1v) is 11.1. The third kappa shape index (κ3) is 4.42. The second-order valence-corrected chi connectivity index (χ2v) is 9.17. The van der Waals surface area contributed by atoms with Crippen LogP contribution in [0, 0.1) is 13.8 Å². The molecule has 1 amide bonds. The van der Waals surface area contributed by atoms with Crippen LogP contribution in [-0.2, 0) is 11.3 Å². The largest absolute Gasteiger partial charge is 0.378 e. The topological polar surface area (TPSA) is 75.9 Å². The molecule has 0 aliphatic carbocycles. The number of amides is 1. The summed E-state index contributed by atoms with van der Waals surface area (Å²) >= 11 is 3.02. The average molecular weight is 439 g/mol. The third-order valence-electron chi connectivity index (χ3n) is 4.52. The predicted molar refractivity (Wildman–Crippen MR) is 123 cm³/mol. The normalized spacial score (nSPS) is 10.9. The van der Waals surface area contributed by atoms with E-state index in [4.69, 9.17) is 0 Å². The Balaban J connectivity index is 1.42. The Hall–Kier alpha value is -3.04. The van der Waals surface area contributed by atoms with Gasteiger partial charge < -0.3 is 10.2 Å². The van der Waals surface area contributed by atoms with E-state index in [-0.39, 0.29) is 12.5 Å². The van der Waals surface area contributed by atoms with Crippen molar-refractivity contribution in [3.63, 3.8) is 0 Å². The fourth-order valence-electron chi connectivity index (χ4n) is 3.07. The average Bonchev–Trinajstić information content (AvgIpc) is 3.42. The molecule has 0 saturated carbocycles. The van der Waals surface area contributed by atoms with Crippen molar-refractivity contribution in [3.8, 4) is 21.7 Å². The number of benzene rings is 1.